The van der Waals surface area contributed by atoms with Crippen molar-refractivity contribution in [3.63, 3.8) is 0 Å². The number of rotatable bonds is 3. The summed E-state index contributed by atoms with van der Waals surface area (Å²) < 4.78 is 5.19. The van der Waals surface area contributed by atoms with Crippen LogP contribution >= 0.6 is 0 Å². The highest BCUT2D eigenvalue weighted by Gasteiger charge is 2.33. The molecular formula is C13H11NO3. The van der Waals surface area contributed by atoms with Crippen molar-refractivity contribution in [1.29, 1.82) is 0 Å². The number of aldehydes is 1. The summed E-state index contributed by atoms with van der Waals surface area (Å²) in [5.41, 5.74) is -0.647. The number of aliphatic imine (C=N–C) groups is 1. The number of carbonyl (C=O) groups is 2. The predicted octanol–water partition coefficient (Wildman–Crippen LogP) is 1.80. The molecule has 1 aromatic rings. The number of ether oxygens (including phenoxy) is 1. The van der Waals surface area contributed by atoms with Gasteiger partial charge in [-0.2, -0.15) is 0 Å². The van der Waals surface area contributed by atoms with Crippen LogP contribution in [0, 0.1) is 0 Å². The minimum atomic E-state index is -0.990. The van der Waals surface area contributed by atoms with Crippen LogP contribution < -0.4 is 4.74 Å². The van der Waals surface area contributed by atoms with E-state index in [4.69, 9.17) is 4.74 Å². The van der Waals surface area contributed by atoms with Crippen LogP contribution in [0.25, 0.3) is 0 Å². The maximum atomic E-state index is 11.9. The van der Waals surface area contributed by atoms with Crippen LogP contribution in [0.5, 0.6) is 5.75 Å². The molecule has 0 bridgehead atoms. The van der Waals surface area contributed by atoms with Crippen LogP contribution in [0.3, 0.4) is 0 Å². The maximum Gasteiger partial charge on any atom is 0.343 e. The standard InChI is InChI=1S/C13H11NO3/c1-13(7-4-8-14-13)12(16)17-11-6-3-2-5-10(11)9-15/h2-9H,1H3. The molecule has 0 N–H and O–H groups in total. The molecule has 0 aromatic heterocycles. The molecule has 17 heavy (non-hydrogen) atoms. The van der Waals surface area contributed by atoms with Gasteiger partial charge in [-0.3, -0.25) is 9.79 Å². The Balaban J connectivity index is 2.21. The summed E-state index contributed by atoms with van der Waals surface area (Å²) in [6.07, 6.45) is 5.54. The second-order valence-electron chi connectivity index (χ2n) is 3.83. The number of hydrogen-bond donors (Lipinski definition) is 0. The summed E-state index contributed by atoms with van der Waals surface area (Å²) in [7, 11) is 0. The Hall–Kier alpha value is -2.23. The van der Waals surface area contributed by atoms with E-state index < -0.39 is 11.5 Å². The van der Waals surface area contributed by atoms with Gasteiger partial charge >= 0.3 is 5.97 Å². The molecule has 0 saturated carbocycles. The number of allylic oxidation sites excluding steroid dienone is 1. The molecule has 0 saturated heterocycles. The number of benzene rings is 1. The lowest BCUT2D eigenvalue weighted by atomic mass is 10.1. The Labute approximate surface area is 98.6 Å². The van der Waals surface area contributed by atoms with E-state index in [0.29, 0.717) is 11.8 Å². The van der Waals surface area contributed by atoms with E-state index in [0.717, 1.165) is 0 Å². The van der Waals surface area contributed by atoms with Gasteiger partial charge < -0.3 is 4.74 Å². The predicted molar refractivity (Wildman–Crippen MR) is 63.5 cm³/mol. The van der Waals surface area contributed by atoms with Crippen molar-refractivity contribution in [3.8, 4) is 5.75 Å². The first-order valence-corrected chi connectivity index (χ1v) is 5.15. The minimum absolute atomic E-state index is 0.254. The third kappa shape index (κ3) is 2.15. The Morgan fingerprint density at radius 2 is 2.18 bits per heavy atom. The molecule has 1 aliphatic heterocycles. The van der Waals surface area contributed by atoms with Crippen molar-refractivity contribution < 1.29 is 14.3 Å². The van der Waals surface area contributed by atoms with E-state index in [9.17, 15) is 9.59 Å². The summed E-state index contributed by atoms with van der Waals surface area (Å²) >= 11 is 0. The highest BCUT2D eigenvalue weighted by molar-refractivity contribution is 5.92. The molecule has 0 radical (unpaired) electrons. The number of nitrogens with zero attached hydrogens (tertiary/aromatic N) is 1. The van der Waals surface area contributed by atoms with E-state index in [1.54, 1.807) is 49.6 Å². The average Bonchev–Trinajstić information content (AvgIpc) is 2.78. The van der Waals surface area contributed by atoms with Gasteiger partial charge in [-0.1, -0.05) is 12.1 Å². The fraction of sp³-hybridized carbons (Fsp3) is 0.154. The molecular weight excluding hydrogens is 218 g/mol. The topological polar surface area (TPSA) is 55.7 Å². The minimum Gasteiger partial charge on any atom is -0.424 e. The lowest BCUT2D eigenvalue weighted by molar-refractivity contribution is -0.137. The zero-order chi connectivity index (χ0) is 12.3. The summed E-state index contributed by atoms with van der Waals surface area (Å²) in [6, 6.07) is 6.57. The van der Waals surface area contributed by atoms with Gasteiger partial charge in [-0.25, -0.2) is 4.79 Å². The Morgan fingerprint density at radius 3 is 2.82 bits per heavy atom. The van der Waals surface area contributed by atoms with Crippen LogP contribution in [-0.2, 0) is 4.79 Å². The zero-order valence-corrected chi connectivity index (χ0v) is 9.29. The normalized spacial score (nSPS) is 21.5. The monoisotopic (exact) mass is 229 g/mol. The van der Waals surface area contributed by atoms with E-state index in [1.165, 1.54) is 0 Å². The second-order valence-corrected chi connectivity index (χ2v) is 3.83. The molecule has 1 atom stereocenters. The van der Waals surface area contributed by atoms with Crippen LogP contribution in [0.1, 0.15) is 17.3 Å². The average molecular weight is 229 g/mol. The van der Waals surface area contributed by atoms with Gasteiger partial charge in [-0.05, 0) is 31.2 Å². The third-order valence-corrected chi connectivity index (χ3v) is 2.51. The molecule has 0 aliphatic carbocycles. The summed E-state index contributed by atoms with van der Waals surface area (Å²) in [6.45, 7) is 1.65. The second kappa shape index (κ2) is 4.33. The van der Waals surface area contributed by atoms with Crippen molar-refractivity contribution in [2.75, 3.05) is 0 Å². The molecule has 1 aliphatic rings. The van der Waals surface area contributed by atoms with Crippen molar-refractivity contribution in [2.45, 2.75) is 12.5 Å². The largest absolute Gasteiger partial charge is 0.424 e. The molecule has 0 fully saturated rings. The number of esters is 1. The van der Waals surface area contributed by atoms with E-state index in [2.05, 4.69) is 4.99 Å². The van der Waals surface area contributed by atoms with Crippen molar-refractivity contribution >= 4 is 18.5 Å². The molecule has 1 aromatic carbocycles. The molecule has 2 rings (SSSR count). The van der Waals surface area contributed by atoms with E-state index >= 15 is 0 Å². The van der Waals surface area contributed by atoms with Gasteiger partial charge in [0.05, 0.1) is 5.56 Å². The number of carbonyl (C=O) groups excluding carboxylic acids is 2. The molecule has 1 unspecified atom stereocenters. The molecule has 4 heteroatoms. The fourth-order valence-electron chi connectivity index (χ4n) is 1.47. The third-order valence-electron chi connectivity index (χ3n) is 2.51. The Kier molecular flexibility index (Phi) is 2.87. The molecule has 0 spiro atoms. The van der Waals surface area contributed by atoms with E-state index in [1.807, 2.05) is 0 Å². The van der Waals surface area contributed by atoms with Crippen molar-refractivity contribution in [2.24, 2.45) is 4.99 Å². The summed E-state index contributed by atoms with van der Waals surface area (Å²) in [5, 5.41) is 0. The van der Waals surface area contributed by atoms with Gasteiger partial charge in [0.2, 0.25) is 0 Å². The fourth-order valence-corrected chi connectivity index (χ4v) is 1.47. The van der Waals surface area contributed by atoms with Gasteiger partial charge in [0, 0.05) is 6.21 Å². The van der Waals surface area contributed by atoms with Crippen LogP contribution in [-0.4, -0.2) is 24.0 Å². The highest BCUT2D eigenvalue weighted by atomic mass is 16.5. The number of para-hydroxylation sites is 1. The smallest absolute Gasteiger partial charge is 0.343 e. The lowest BCUT2D eigenvalue weighted by Crippen LogP contribution is -2.33. The first-order chi connectivity index (χ1) is 8.15. The summed E-state index contributed by atoms with van der Waals surface area (Å²) in [5.74, 6) is -0.249. The first kappa shape index (κ1) is 11.3. The van der Waals surface area contributed by atoms with Gasteiger partial charge in [0.1, 0.15) is 5.75 Å². The van der Waals surface area contributed by atoms with Gasteiger partial charge in [0.15, 0.2) is 11.8 Å². The molecule has 0 amide bonds. The summed E-state index contributed by atoms with van der Waals surface area (Å²) in [4.78, 5) is 26.7. The molecule has 1 heterocycles. The van der Waals surface area contributed by atoms with Crippen molar-refractivity contribution in [1.82, 2.24) is 0 Å². The number of hydrogen-bond acceptors (Lipinski definition) is 4. The SMILES string of the molecule is CC1(C(=O)Oc2ccccc2C=O)C=CC=N1. The molecule has 4 nitrogen and oxygen atoms in total. The Bertz CT molecular complexity index is 505. The maximum absolute atomic E-state index is 11.9. The van der Waals surface area contributed by atoms with Crippen molar-refractivity contribution in [3.05, 3.63) is 42.0 Å². The van der Waals surface area contributed by atoms with Gasteiger partial charge in [0.25, 0.3) is 0 Å². The molecule has 86 valence electrons. The first-order valence-electron chi connectivity index (χ1n) is 5.15. The Morgan fingerprint density at radius 1 is 1.41 bits per heavy atom. The highest BCUT2D eigenvalue weighted by Crippen LogP contribution is 2.22. The van der Waals surface area contributed by atoms with Crippen LogP contribution in [0.4, 0.5) is 0 Å². The van der Waals surface area contributed by atoms with Crippen LogP contribution in [0.15, 0.2) is 41.4 Å². The van der Waals surface area contributed by atoms with Gasteiger partial charge in [-0.15, -0.1) is 0 Å². The zero-order valence-electron chi connectivity index (χ0n) is 9.29. The van der Waals surface area contributed by atoms with Crippen LogP contribution in [0.2, 0.25) is 0 Å². The lowest BCUT2D eigenvalue weighted by Gasteiger charge is -2.16. The quantitative estimate of drug-likeness (QED) is 0.451. The van der Waals surface area contributed by atoms with E-state index in [-0.39, 0.29) is 5.75 Å².